The molecule has 3 heteroatoms. The highest BCUT2D eigenvalue weighted by atomic mass is 79.9. The first-order chi connectivity index (χ1) is 9.04. The topological polar surface area (TPSA) is 32.3 Å². The molecule has 2 N–H and O–H groups in total. The van der Waals surface area contributed by atoms with Crippen molar-refractivity contribution in [3.8, 4) is 5.75 Å². The van der Waals surface area contributed by atoms with Crippen LogP contribution in [0, 0.1) is 6.92 Å². The lowest BCUT2D eigenvalue weighted by Crippen LogP contribution is -2.18. The molecule has 2 nitrogen and oxygen atoms in total. The Kier molecular flexibility index (Phi) is 4.48. The summed E-state index contributed by atoms with van der Waals surface area (Å²) >= 11 is 3.56. The van der Waals surface area contributed by atoms with Gasteiger partial charge in [-0.3, -0.25) is 0 Å². The van der Waals surface area contributed by atoms with Crippen molar-refractivity contribution in [2.45, 2.75) is 26.3 Å². The summed E-state index contributed by atoms with van der Waals surface area (Å²) in [7, 11) is 0. The van der Waals surface area contributed by atoms with Gasteiger partial charge in [0, 0.05) is 16.2 Å². The third-order valence-corrected chi connectivity index (χ3v) is 3.69. The SMILES string of the molecule is Cc1ccc(Br)c(NC(C)Cc2ccc(O)cc2)c1. The quantitative estimate of drug-likeness (QED) is 0.869. The summed E-state index contributed by atoms with van der Waals surface area (Å²) < 4.78 is 1.08. The van der Waals surface area contributed by atoms with E-state index in [1.807, 2.05) is 12.1 Å². The van der Waals surface area contributed by atoms with E-state index in [0.29, 0.717) is 11.8 Å². The molecule has 0 aliphatic rings. The van der Waals surface area contributed by atoms with Crippen LogP contribution >= 0.6 is 15.9 Å². The van der Waals surface area contributed by atoms with Crippen molar-refractivity contribution in [3.05, 3.63) is 58.1 Å². The summed E-state index contributed by atoms with van der Waals surface area (Å²) in [5.74, 6) is 0.311. The van der Waals surface area contributed by atoms with Crippen LogP contribution in [0.1, 0.15) is 18.1 Å². The highest BCUT2D eigenvalue weighted by Crippen LogP contribution is 2.24. The smallest absolute Gasteiger partial charge is 0.115 e. The number of hydrogen-bond donors (Lipinski definition) is 2. The number of phenols is 1. The molecule has 0 saturated carbocycles. The van der Waals surface area contributed by atoms with Crippen LogP contribution in [0.5, 0.6) is 5.75 Å². The second-order valence-corrected chi connectivity index (χ2v) is 5.75. The van der Waals surface area contributed by atoms with E-state index in [-0.39, 0.29) is 0 Å². The molecule has 0 aliphatic heterocycles. The molecule has 2 aromatic rings. The molecular weight excluding hydrogens is 302 g/mol. The van der Waals surface area contributed by atoms with E-state index in [4.69, 9.17) is 0 Å². The minimum atomic E-state index is 0.311. The molecule has 2 aromatic carbocycles. The molecule has 19 heavy (non-hydrogen) atoms. The molecule has 0 aliphatic carbocycles. The molecule has 0 bridgehead atoms. The number of aryl methyl sites for hydroxylation is 1. The van der Waals surface area contributed by atoms with Crippen LogP contribution in [0.4, 0.5) is 5.69 Å². The molecule has 1 unspecified atom stereocenters. The number of halogens is 1. The van der Waals surface area contributed by atoms with E-state index in [0.717, 1.165) is 16.6 Å². The first-order valence-corrected chi connectivity index (χ1v) is 7.14. The summed E-state index contributed by atoms with van der Waals surface area (Å²) in [5.41, 5.74) is 3.57. The van der Waals surface area contributed by atoms with E-state index in [2.05, 4.69) is 53.3 Å². The van der Waals surface area contributed by atoms with Gasteiger partial charge in [-0.1, -0.05) is 18.2 Å². The van der Waals surface area contributed by atoms with E-state index in [1.54, 1.807) is 12.1 Å². The highest BCUT2D eigenvalue weighted by molar-refractivity contribution is 9.10. The maximum absolute atomic E-state index is 9.27. The largest absolute Gasteiger partial charge is 0.508 e. The molecule has 0 radical (unpaired) electrons. The minimum Gasteiger partial charge on any atom is -0.508 e. The number of phenolic OH excluding ortho intramolecular Hbond substituents is 1. The maximum Gasteiger partial charge on any atom is 0.115 e. The van der Waals surface area contributed by atoms with Gasteiger partial charge in [0.1, 0.15) is 5.75 Å². The fourth-order valence-electron chi connectivity index (χ4n) is 2.05. The summed E-state index contributed by atoms with van der Waals surface area (Å²) in [5, 5.41) is 12.8. The van der Waals surface area contributed by atoms with E-state index in [9.17, 15) is 5.11 Å². The van der Waals surface area contributed by atoms with Crippen molar-refractivity contribution in [1.29, 1.82) is 0 Å². The van der Waals surface area contributed by atoms with Crippen LogP contribution in [0.2, 0.25) is 0 Å². The third-order valence-electron chi connectivity index (χ3n) is 3.00. The summed E-state index contributed by atoms with van der Waals surface area (Å²) in [6.07, 6.45) is 0.917. The third kappa shape index (κ3) is 4.00. The van der Waals surface area contributed by atoms with E-state index < -0.39 is 0 Å². The molecule has 1 atom stereocenters. The van der Waals surface area contributed by atoms with Gasteiger partial charge in [-0.25, -0.2) is 0 Å². The number of hydrogen-bond acceptors (Lipinski definition) is 2. The van der Waals surface area contributed by atoms with Gasteiger partial charge in [0.05, 0.1) is 0 Å². The molecular formula is C16H18BrNO. The molecule has 0 heterocycles. The number of aromatic hydroxyl groups is 1. The Morgan fingerprint density at radius 1 is 1.16 bits per heavy atom. The number of anilines is 1. The fourth-order valence-corrected chi connectivity index (χ4v) is 2.41. The van der Waals surface area contributed by atoms with Crippen molar-refractivity contribution >= 4 is 21.6 Å². The van der Waals surface area contributed by atoms with Crippen LogP contribution in [0.15, 0.2) is 46.9 Å². The van der Waals surface area contributed by atoms with Crippen molar-refractivity contribution < 1.29 is 5.11 Å². The zero-order valence-corrected chi connectivity index (χ0v) is 12.7. The molecule has 0 spiro atoms. The summed E-state index contributed by atoms with van der Waals surface area (Å²) in [6, 6.07) is 14.0. The lowest BCUT2D eigenvalue weighted by atomic mass is 10.1. The number of benzene rings is 2. The Bertz CT molecular complexity index is 551. The Labute approximate surface area is 122 Å². The molecule has 0 fully saturated rings. The molecule has 2 rings (SSSR count). The predicted octanol–water partition coefficient (Wildman–Crippen LogP) is 4.51. The minimum absolute atomic E-state index is 0.311. The number of rotatable bonds is 4. The van der Waals surface area contributed by atoms with Crippen molar-refractivity contribution in [2.75, 3.05) is 5.32 Å². The second kappa shape index (κ2) is 6.11. The van der Waals surface area contributed by atoms with Gasteiger partial charge in [-0.05, 0) is 71.6 Å². The Balaban J connectivity index is 2.02. The van der Waals surface area contributed by atoms with Gasteiger partial charge in [-0.2, -0.15) is 0 Å². The average molecular weight is 320 g/mol. The first-order valence-electron chi connectivity index (χ1n) is 6.35. The van der Waals surface area contributed by atoms with Gasteiger partial charge in [0.2, 0.25) is 0 Å². The van der Waals surface area contributed by atoms with Crippen LogP contribution in [-0.2, 0) is 6.42 Å². The fraction of sp³-hybridized carbons (Fsp3) is 0.250. The maximum atomic E-state index is 9.27. The lowest BCUT2D eigenvalue weighted by Gasteiger charge is -2.17. The molecule has 0 aromatic heterocycles. The molecule has 0 amide bonds. The zero-order valence-electron chi connectivity index (χ0n) is 11.2. The Morgan fingerprint density at radius 2 is 1.84 bits per heavy atom. The van der Waals surface area contributed by atoms with Crippen LogP contribution in [-0.4, -0.2) is 11.1 Å². The van der Waals surface area contributed by atoms with Crippen molar-refractivity contribution in [2.24, 2.45) is 0 Å². The van der Waals surface area contributed by atoms with Crippen molar-refractivity contribution in [3.63, 3.8) is 0 Å². The predicted molar refractivity (Wildman–Crippen MR) is 83.8 cm³/mol. The van der Waals surface area contributed by atoms with Gasteiger partial charge >= 0.3 is 0 Å². The lowest BCUT2D eigenvalue weighted by molar-refractivity contribution is 0.475. The van der Waals surface area contributed by atoms with Gasteiger partial charge < -0.3 is 10.4 Å². The molecule has 0 saturated heterocycles. The monoisotopic (exact) mass is 319 g/mol. The number of nitrogens with one attached hydrogen (secondary N) is 1. The van der Waals surface area contributed by atoms with Crippen LogP contribution in [0.3, 0.4) is 0 Å². The second-order valence-electron chi connectivity index (χ2n) is 4.90. The summed E-state index contributed by atoms with van der Waals surface area (Å²) in [6.45, 7) is 4.24. The first kappa shape index (κ1) is 13.9. The highest BCUT2D eigenvalue weighted by Gasteiger charge is 2.06. The standard InChI is InChI=1S/C16H18BrNO/c1-11-3-8-15(17)16(9-11)18-12(2)10-13-4-6-14(19)7-5-13/h3-9,12,18-19H,10H2,1-2H3. The van der Waals surface area contributed by atoms with Crippen LogP contribution in [0.25, 0.3) is 0 Å². The van der Waals surface area contributed by atoms with Crippen molar-refractivity contribution in [1.82, 2.24) is 0 Å². The Hall–Kier alpha value is -1.48. The normalized spacial score (nSPS) is 12.2. The average Bonchev–Trinajstić information content (AvgIpc) is 2.37. The zero-order chi connectivity index (χ0) is 13.8. The van der Waals surface area contributed by atoms with E-state index in [1.165, 1.54) is 11.1 Å². The molecule has 100 valence electrons. The van der Waals surface area contributed by atoms with Gasteiger partial charge in [-0.15, -0.1) is 0 Å². The van der Waals surface area contributed by atoms with Crippen LogP contribution < -0.4 is 5.32 Å². The van der Waals surface area contributed by atoms with Gasteiger partial charge in [0.15, 0.2) is 0 Å². The van der Waals surface area contributed by atoms with E-state index >= 15 is 0 Å². The van der Waals surface area contributed by atoms with Gasteiger partial charge in [0.25, 0.3) is 0 Å². The summed E-state index contributed by atoms with van der Waals surface area (Å²) in [4.78, 5) is 0. The Morgan fingerprint density at radius 3 is 2.53 bits per heavy atom.